The number of fused-ring (bicyclic) bond motifs is 1. The number of rotatable bonds is 4. The van der Waals surface area contributed by atoms with Gasteiger partial charge in [-0.2, -0.15) is 13.2 Å². The Bertz CT molecular complexity index is 778. The standard InChI is InChI=1S/C17H18F3NO4/c1-2-21(10-3-6-24-7-4-10)12-9-13-11(5-8-25-13)14(16(22)23)15(12)17(18,19)20/h5,8-10H,2-4,6-7H2,1H3,(H,22,23). The molecule has 1 fully saturated rings. The summed E-state index contributed by atoms with van der Waals surface area (Å²) in [7, 11) is 0. The molecule has 136 valence electrons. The molecule has 0 bridgehead atoms. The Morgan fingerprint density at radius 1 is 1.36 bits per heavy atom. The van der Waals surface area contributed by atoms with Crippen LogP contribution in [0.25, 0.3) is 11.0 Å². The highest BCUT2D eigenvalue weighted by molar-refractivity contribution is 6.06. The van der Waals surface area contributed by atoms with Gasteiger partial charge in [-0.25, -0.2) is 4.79 Å². The number of aromatic carboxylic acids is 1. The molecule has 0 atom stereocenters. The summed E-state index contributed by atoms with van der Waals surface area (Å²) < 4.78 is 52.0. The largest absolute Gasteiger partial charge is 0.478 e. The molecular weight excluding hydrogens is 339 g/mol. The lowest BCUT2D eigenvalue weighted by Crippen LogP contribution is -2.40. The van der Waals surface area contributed by atoms with Gasteiger partial charge in [0.1, 0.15) is 5.58 Å². The summed E-state index contributed by atoms with van der Waals surface area (Å²) in [6, 6.07) is 2.40. The number of hydrogen-bond acceptors (Lipinski definition) is 4. The number of carboxylic acid groups (broad SMARTS) is 1. The first-order valence-electron chi connectivity index (χ1n) is 8.03. The van der Waals surface area contributed by atoms with Crippen molar-refractivity contribution in [1.29, 1.82) is 0 Å². The van der Waals surface area contributed by atoms with Gasteiger partial charge in [0.25, 0.3) is 0 Å². The zero-order valence-corrected chi connectivity index (χ0v) is 13.6. The lowest BCUT2D eigenvalue weighted by atomic mass is 9.97. The Morgan fingerprint density at radius 3 is 2.60 bits per heavy atom. The van der Waals surface area contributed by atoms with Gasteiger partial charge in [-0.15, -0.1) is 0 Å². The van der Waals surface area contributed by atoms with E-state index in [1.54, 1.807) is 11.8 Å². The maximum Gasteiger partial charge on any atom is 0.419 e. The normalized spacial score (nSPS) is 16.3. The summed E-state index contributed by atoms with van der Waals surface area (Å²) >= 11 is 0. The van der Waals surface area contributed by atoms with Gasteiger partial charge in [0, 0.05) is 37.3 Å². The molecule has 2 aromatic rings. The fourth-order valence-electron chi connectivity index (χ4n) is 3.46. The molecule has 1 saturated heterocycles. The zero-order valence-electron chi connectivity index (χ0n) is 13.6. The molecule has 0 saturated carbocycles. The van der Waals surface area contributed by atoms with Crippen LogP contribution < -0.4 is 4.90 Å². The van der Waals surface area contributed by atoms with Crippen LogP contribution in [0.5, 0.6) is 0 Å². The number of halogens is 3. The van der Waals surface area contributed by atoms with Crippen molar-refractivity contribution in [3.05, 3.63) is 29.5 Å². The second-order valence-electron chi connectivity index (χ2n) is 5.91. The van der Waals surface area contributed by atoms with Crippen molar-refractivity contribution in [2.24, 2.45) is 0 Å². The number of anilines is 1. The number of nitrogens with zero attached hydrogens (tertiary/aromatic N) is 1. The van der Waals surface area contributed by atoms with Gasteiger partial charge in [0.15, 0.2) is 0 Å². The van der Waals surface area contributed by atoms with E-state index in [1.165, 1.54) is 18.4 Å². The molecule has 1 aromatic carbocycles. The highest BCUT2D eigenvalue weighted by atomic mass is 19.4. The number of furan rings is 1. The van der Waals surface area contributed by atoms with E-state index in [1.807, 2.05) is 0 Å². The van der Waals surface area contributed by atoms with Crippen LogP contribution in [0.2, 0.25) is 0 Å². The van der Waals surface area contributed by atoms with Crippen molar-refractivity contribution in [2.75, 3.05) is 24.7 Å². The van der Waals surface area contributed by atoms with Crippen LogP contribution in [0.4, 0.5) is 18.9 Å². The fourth-order valence-corrected chi connectivity index (χ4v) is 3.46. The van der Waals surface area contributed by atoms with E-state index in [-0.39, 0.29) is 22.7 Å². The van der Waals surface area contributed by atoms with Gasteiger partial charge in [0.05, 0.1) is 23.1 Å². The average molecular weight is 357 g/mol. The summed E-state index contributed by atoms with van der Waals surface area (Å²) in [6.07, 6.45) is -2.42. The predicted octanol–water partition coefficient (Wildman–Crippen LogP) is 4.16. The minimum atomic E-state index is -4.80. The van der Waals surface area contributed by atoms with Crippen molar-refractivity contribution in [3.63, 3.8) is 0 Å². The Morgan fingerprint density at radius 2 is 2.04 bits per heavy atom. The van der Waals surface area contributed by atoms with Crippen molar-refractivity contribution in [3.8, 4) is 0 Å². The minimum Gasteiger partial charge on any atom is -0.478 e. The third kappa shape index (κ3) is 3.18. The molecule has 3 rings (SSSR count). The topological polar surface area (TPSA) is 62.9 Å². The first-order valence-corrected chi connectivity index (χ1v) is 8.03. The molecule has 1 N–H and O–H groups in total. The summed E-state index contributed by atoms with van der Waals surface area (Å²) in [5, 5.41) is 9.41. The molecule has 1 aliphatic rings. The number of alkyl halides is 3. The summed E-state index contributed by atoms with van der Waals surface area (Å²) in [5.74, 6) is -1.62. The van der Waals surface area contributed by atoms with Gasteiger partial charge < -0.3 is 19.2 Å². The third-order valence-electron chi connectivity index (χ3n) is 4.52. The van der Waals surface area contributed by atoms with E-state index in [4.69, 9.17) is 9.15 Å². The number of carbonyl (C=O) groups is 1. The molecular formula is C17H18F3NO4. The van der Waals surface area contributed by atoms with Crippen molar-refractivity contribution >= 4 is 22.6 Å². The van der Waals surface area contributed by atoms with Crippen LogP contribution in [-0.4, -0.2) is 36.9 Å². The highest BCUT2D eigenvalue weighted by Gasteiger charge is 2.42. The van der Waals surface area contributed by atoms with E-state index in [0.717, 1.165) is 0 Å². The van der Waals surface area contributed by atoms with E-state index in [0.29, 0.717) is 32.6 Å². The molecule has 8 heteroatoms. The van der Waals surface area contributed by atoms with Crippen LogP contribution in [0.15, 0.2) is 22.8 Å². The maximum atomic E-state index is 13.8. The molecule has 0 spiro atoms. The van der Waals surface area contributed by atoms with Gasteiger partial charge in [0.2, 0.25) is 0 Å². The Labute approximate surface area is 142 Å². The molecule has 0 unspecified atom stereocenters. The van der Waals surface area contributed by atoms with Crippen LogP contribution in [0.1, 0.15) is 35.7 Å². The Balaban J connectivity index is 2.26. The SMILES string of the molecule is CCN(c1cc2occc2c(C(=O)O)c1C(F)(F)F)C1CCOCC1. The molecule has 2 heterocycles. The van der Waals surface area contributed by atoms with Gasteiger partial charge in [-0.3, -0.25) is 0 Å². The fraction of sp³-hybridized carbons (Fsp3) is 0.471. The first-order chi connectivity index (χ1) is 11.8. The minimum absolute atomic E-state index is 0.0494. The second-order valence-corrected chi connectivity index (χ2v) is 5.91. The van der Waals surface area contributed by atoms with Crippen LogP contribution >= 0.6 is 0 Å². The molecule has 5 nitrogen and oxygen atoms in total. The molecule has 0 amide bonds. The van der Waals surface area contributed by atoms with Crippen molar-refractivity contribution < 1.29 is 32.2 Å². The highest BCUT2D eigenvalue weighted by Crippen LogP contribution is 2.44. The third-order valence-corrected chi connectivity index (χ3v) is 4.52. The Kier molecular flexibility index (Phi) is 4.64. The summed E-state index contributed by atoms with van der Waals surface area (Å²) in [4.78, 5) is 13.3. The molecule has 1 aliphatic heterocycles. The zero-order chi connectivity index (χ0) is 18.2. The van der Waals surface area contributed by atoms with Gasteiger partial charge >= 0.3 is 12.1 Å². The quantitative estimate of drug-likeness (QED) is 0.890. The average Bonchev–Trinajstić information content (AvgIpc) is 3.02. The lowest BCUT2D eigenvalue weighted by Gasteiger charge is -2.37. The number of benzene rings is 1. The van der Waals surface area contributed by atoms with Crippen LogP contribution in [-0.2, 0) is 10.9 Å². The van der Waals surface area contributed by atoms with E-state index < -0.39 is 23.3 Å². The maximum absolute atomic E-state index is 13.8. The summed E-state index contributed by atoms with van der Waals surface area (Å²) in [6.45, 7) is 3.01. The van der Waals surface area contributed by atoms with Gasteiger partial charge in [-0.1, -0.05) is 0 Å². The van der Waals surface area contributed by atoms with Crippen molar-refractivity contribution in [1.82, 2.24) is 0 Å². The monoisotopic (exact) mass is 357 g/mol. The lowest BCUT2D eigenvalue weighted by molar-refractivity contribution is -0.137. The van der Waals surface area contributed by atoms with Crippen LogP contribution in [0.3, 0.4) is 0 Å². The van der Waals surface area contributed by atoms with E-state index >= 15 is 0 Å². The molecule has 0 radical (unpaired) electrons. The molecule has 25 heavy (non-hydrogen) atoms. The van der Waals surface area contributed by atoms with Gasteiger partial charge in [-0.05, 0) is 25.8 Å². The van der Waals surface area contributed by atoms with E-state index in [9.17, 15) is 23.1 Å². The first kappa shape index (κ1) is 17.6. The number of carboxylic acids is 1. The van der Waals surface area contributed by atoms with Crippen LogP contribution in [0, 0.1) is 0 Å². The number of hydrogen-bond donors (Lipinski definition) is 1. The van der Waals surface area contributed by atoms with E-state index in [2.05, 4.69) is 0 Å². The molecule has 1 aromatic heterocycles. The molecule has 0 aliphatic carbocycles. The Hall–Kier alpha value is -2.22. The van der Waals surface area contributed by atoms with Crippen molar-refractivity contribution in [2.45, 2.75) is 32.0 Å². The summed E-state index contributed by atoms with van der Waals surface area (Å²) in [5.41, 5.74) is -1.91. The smallest absolute Gasteiger partial charge is 0.419 e. The number of ether oxygens (including phenoxy) is 1. The predicted molar refractivity (Wildman–Crippen MR) is 85.0 cm³/mol. The second kappa shape index (κ2) is 6.59.